The van der Waals surface area contributed by atoms with E-state index in [1.54, 1.807) is 11.3 Å². The molecule has 0 aliphatic carbocycles. The summed E-state index contributed by atoms with van der Waals surface area (Å²) in [6, 6.07) is 13.3. The first-order valence-electron chi connectivity index (χ1n) is 5.69. The molecular weight excluding hydrogens is 214 g/mol. The number of thiophene rings is 1. The summed E-state index contributed by atoms with van der Waals surface area (Å²) in [6.45, 7) is 3.16. The third-order valence-electron chi connectivity index (χ3n) is 2.68. The van der Waals surface area contributed by atoms with Crippen molar-refractivity contribution in [2.45, 2.75) is 19.4 Å². The van der Waals surface area contributed by atoms with Crippen molar-refractivity contribution in [2.75, 3.05) is 6.54 Å². The zero-order valence-electron chi connectivity index (χ0n) is 9.52. The Kier molecular flexibility index (Phi) is 4.14. The van der Waals surface area contributed by atoms with Gasteiger partial charge in [-0.3, -0.25) is 0 Å². The Labute approximate surface area is 101 Å². The fraction of sp³-hybridized carbons (Fsp3) is 0.286. The molecule has 1 aromatic carbocycles. The van der Waals surface area contributed by atoms with E-state index in [9.17, 15) is 0 Å². The van der Waals surface area contributed by atoms with E-state index in [1.807, 2.05) is 0 Å². The zero-order valence-corrected chi connectivity index (χ0v) is 10.3. The van der Waals surface area contributed by atoms with Crippen molar-refractivity contribution < 1.29 is 0 Å². The molecule has 2 heteroatoms. The molecule has 0 fully saturated rings. The Morgan fingerprint density at radius 2 is 2.00 bits per heavy atom. The van der Waals surface area contributed by atoms with E-state index in [1.165, 1.54) is 11.1 Å². The summed E-state index contributed by atoms with van der Waals surface area (Å²) in [5.74, 6) is 0. The predicted octanol–water partition coefficient (Wildman–Crippen LogP) is 3.64. The second-order valence-electron chi connectivity index (χ2n) is 3.86. The van der Waals surface area contributed by atoms with Gasteiger partial charge in [-0.1, -0.05) is 37.3 Å². The van der Waals surface area contributed by atoms with E-state index in [0.717, 1.165) is 13.0 Å². The van der Waals surface area contributed by atoms with Gasteiger partial charge in [0.25, 0.3) is 0 Å². The van der Waals surface area contributed by atoms with E-state index in [4.69, 9.17) is 0 Å². The second kappa shape index (κ2) is 5.83. The zero-order chi connectivity index (χ0) is 11.2. The van der Waals surface area contributed by atoms with Gasteiger partial charge in [0.05, 0.1) is 0 Å². The van der Waals surface area contributed by atoms with Crippen LogP contribution in [0.3, 0.4) is 0 Å². The summed E-state index contributed by atoms with van der Waals surface area (Å²) in [5, 5.41) is 7.92. The van der Waals surface area contributed by atoms with E-state index in [0.29, 0.717) is 6.04 Å². The third kappa shape index (κ3) is 2.94. The van der Waals surface area contributed by atoms with E-state index >= 15 is 0 Å². The van der Waals surface area contributed by atoms with Gasteiger partial charge in [0.1, 0.15) is 0 Å². The average molecular weight is 231 g/mol. The highest BCUT2D eigenvalue weighted by molar-refractivity contribution is 7.07. The fourth-order valence-electron chi connectivity index (χ4n) is 1.88. The molecule has 84 valence electrons. The molecule has 1 nitrogen and oxygen atoms in total. The average Bonchev–Trinajstić information content (AvgIpc) is 2.83. The number of benzene rings is 1. The molecule has 0 spiro atoms. The monoisotopic (exact) mass is 231 g/mol. The van der Waals surface area contributed by atoms with E-state index < -0.39 is 0 Å². The highest BCUT2D eigenvalue weighted by atomic mass is 32.1. The lowest BCUT2D eigenvalue weighted by Crippen LogP contribution is -2.22. The summed E-state index contributed by atoms with van der Waals surface area (Å²) >= 11 is 1.76. The molecule has 0 radical (unpaired) electrons. The van der Waals surface area contributed by atoms with Crippen LogP contribution in [0.2, 0.25) is 0 Å². The molecule has 2 aromatic rings. The number of rotatable bonds is 5. The normalized spacial score (nSPS) is 12.6. The van der Waals surface area contributed by atoms with Crippen LogP contribution in [0.15, 0.2) is 47.2 Å². The molecule has 2 rings (SSSR count). The smallest absolute Gasteiger partial charge is 0.0369 e. The molecule has 1 heterocycles. The molecule has 1 N–H and O–H groups in total. The van der Waals surface area contributed by atoms with Crippen LogP contribution >= 0.6 is 11.3 Å². The second-order valence-corrected chi connectivity index (χ2v) is 4.64. The highest BCUT2D eigenvalue weighted by Gasteiger charge is 2.10. The quantitative estimate of drug-likeness (QED) is 0.828. The van der Waals surface area contributed by atoms with Gasteiger partial charge < -0.3 is 5.32 Å². The van der Waals surface area contributed by atoms with Crippen molar-refractivity contribution in [1.29, 1.82) is 0 Å². The summed E-state index contributed by atoms with van der Waals surface area (Å²) in [5.41, 5.74) is 2.79. The molecule has 0 bridgehead atoms. The molecule has 0 saturated carbocycles. The van der Waals surface area contributed by atoms with Crippen molar-refractivity contribution in [2.24, 2.45) is 0 Å². The Hall–Kier alpha value is -1.12. The lowest BCUT2D eigenvalue weighted by atomic mass is 10.0. The Morgan fingerprint density at radius 1 is 1.19 bits per heavy atom. The minimum atomic E-state index is 0.443. The summed E-state index contributed by atoms with van der Waals surface area (Å²) in [7, 11) is 0. The van der Waals surface area contributed by atoms with Crippen LogP contribution in [-0.2, 0) is 6.42 Å². The predicted molar refractivity (Wildman–Crippen MR) is 70.9 cm³/mol. The standard InChI is InChI=1S/C14H17NS/c1-2-15-14(13-8-9-16-11-13)10-12-6-4-3-5-7-12/h3-9,11,14-15H,2,10H2,1H3. The van der Waals surface area contributed by atoms with Crippen molar-refractivity contribution in [1.82, 2.24) is 5.32 Å². The van der Waals surface area contributed by atoms with Gasteiger partial charge in [0.15, 0.2) is 0 Å². The fourth-order valence-corrected chi connectivity index (χ4v) is 2.59. The van der Waals surface area contributed by atoms with Crippen LogP contribution in [-0.4, -0.2) is 6.54 Å². The van der Waals surface area contributed by atoms with Gasteiger partial charge in [-0.05, 0) is 40.9 Å². The first-order valence-corrected chi connectivity index (χ1v) is 6.64. The number of likely N-dealkylation sites (N-methyl/N-ethyl adjacent to an activating group) is 1. The van der Waals surface area contributed by atoms with Crippen LogP contribution in [0.1, 0.15) is 24.1 Å². The SMILES string of the molecule is CCNC(Cc1ccccc1)c1ccsc1. The van der Waals surface area contributed by atoms with Crippen molar-refractivity contribution in [3.05, 3.63) is 58.3 Å². The Bertz CT molecular complexity index is 394. The molecule has 1 aromatic heterocycles. The van der Waals surface area contributed by atoms with Crippen LogP contribution in [0.5, 0.6) is 0 Å². The number of hydrogen-bond donors (Lipinski definition) is 1. The summed E-state index contributed by atoms with van der Waals surface area (Å²) in [4.78, 5) is 0. The van der Waals surface area contributed by atoms with Crippen molar-refractivity contribution >= 4 is 11.3 Å². The van der Waals surface area contributed by atoms with Crippen LogP contribution < -0.4 is 5.32 Å². The van der Waals surface area contributed by atoms with Gasteiger partial charge in [0.2, 0.25) is 0 Å². The molecule has 16 heavy (non-hydrogen) atoms. The first-order chi connectivity index (χ1) is 7.90. The van der Waals surface area contributed by atoms with Gasteiger partial charge in [0, 0.05) is 6.04 Å². The highest BCUT2D eigenvalue weighted by Crippen LogP contribution is 2.20. The van der Waals surface area contributed by atoms with Crippen LogP contribution in [0.25, 0.3) is 0 Å². The van der Waals surface area contributed by atoms with Crippen molar-refractivity contribution in [3.63, 3.8) is 0 Å². The first kappa shape index (κ1) is 11.4. The third-order valence-corrected chi connectivity index (χ3v) is 3.38. The molecule has 0 amide bonds. The van der Waals surface area contributed by atoms with Gasteiger partial charge in [-0.25, -0.2) is 0 Å². The number of hydrogen-bond acceptors (Lipinski definition) is 2. The van der Waals surface area contributed by atoms with Gasteiger partial charge in [-0.2, -0.15) is 11.3 Å². The molecular formula is C14H17NS. The van der Waals surface area contributed by atoms with Gasteiger partial charge in [-0.15, -0.1) is 0 Å². The van der Waals surface area contributed by atoms with E-state index in [-0.39, 0.29) is 0 Å². The minimum absolute atomic E-state index is 0.443. The van der Waals surface area contributed by atoms with Crippen LogP contribution in [0, 0.1) is 0 Å². The van der Waals surface area contributed by atoms with E-state index in [2.05, 4.69) is 59.4 Å². The molecule has 1 atom stereocenters. The maximum atomic E-state index is 3.54. The maximum absolute atomic E-state index is 3.54. The summed E-state index contributed by atoms with van der Waals surface area (Å²) < 4.78 is 0. The minimum Gasteiger partial charge on any atom is -0.310 e. The lowest BCUT2D eigenvalue weighted by molar-refractivity contribution is 0.551. The lowest BCUT2D eigenvalue weighted by Gasteiger charge is -2.16. The Balaban J connectivity index is 2.09. The maximum Gasteiger partial charge on any atom is 0.0369 e. The molecule has 0 aliphatic heterocycles. The number of nitrogens with one attached hydrogen (secondary N) is 1. The molecule has 1 unspecified atom stereocenters. The Morgan fingerprint density at radius 3 is 2.62 bits per heavy atom. The molecule has 0 aliphatic rings. The molecule has 0 saturated heterocycles. The topological polar surface area (TPSA) is 12.0 Å². The van der Waals surface area contributed by atoms with Gasteiger partial charge >= 0.3 is 0 Å². The van der Waals surface area contributed by atoms with Crippen LogP contribution in [0.4, 0.5) is 0 Å². The van der Waals surface area contributed by atoms with Crippen molar-refractivity contribution in [3.8, 4) is 0 Å². The summed E-state index contributed by atoms with van der Waals surface area (Å²) in [6.07, 6.45) is 1.06. The largest absolute Gasteiger partial charge is 0.310 e.